The maximum atomic E-state index is 13.2. The van der Waals surface area contributed by atoms with E-state index in [0.29, 0.717) is 12.3 Å². The molecule has 1 rings (SSSR count). The van der Waals surface area contributed by atoms with Crippen LogP contribution in [0.15, 0.2) is 71.9 Å². The van der Waals surface area contributed by atoms with E-state index < -0.39 is 0 Å². The van der Waals surface area contributed by atoms with E-state index in [1.54, 1.807) is 6.08 Å². The maximum absolute atomic E-state index is 13.2. The van der Waals surface area contributed by atoms with Crippen LogP contribution in [0.2, 0.25) is 0 Å². The first kappa shape index (κ1) is 27.2. The Morgan fingerprint density at radius 1 is 1.14 bits per heavy atom. The average molecular weight is 402 g/mol. The van der Waals surface area contributed by atoms with E-state index in [2.05, 4.69) is 60.0 Å². The molecule has 0 bridgehead atoms. The maximum Gasteiger partial charge on any atom is 0.118 e. The second-order valence-electron chi connectivity index (χ2n) is 8.64. The summed E-state index contributed by atoms with van der Waals surface area (Å²) in [4.78, 5) is 0. The van der Waals surface area contributed by atoms with E-state index in [1.807, 2.05) is 25.2 Å². The van der Waals surface area contributed by atoms with Crippen LogP contribution < -0.4 is 5.32 Å². The van der Waals surface area contributed by atoms with Gasteiger partial charge < -0.3 is 5.32 Å². The van der Waals surface area contributed by atoms with E-state index >= 15 is 0 Å². The molecule has 0 saturated carbocycles. The van der Waals surface area contributed by atoms with Crippen LogP contribution in [0, 0.1) is 11.3 Å². The minimum Gasteiger partial charge on any atom is -0.359 e. The highest BCUT2D eigenvalue weighted by Gasteiger charge is 2.27. The molecule has 0 saturated heterocycles. The summed E-state index contributed by atoms with van der Waals surface area (Å²) in [6.45, 7) is 23.0. The van der Waals surface area contributed by atoms with E-state index in [9.17, 15) is 4.39 Å². The van der Waals surface area contributed by atoms with Gasteiger partial charge in [0, 0.05) is 16.8 Å². The van der Waals surface area contributed by atoms with Crippen molar-refractivity contribution in [1.82, 2.24) is 5.32 Å². The van der Waals surface area contributed by atoms with Crippen molar-refractivity contribution in [2.24, 2.45) is 11.3 Å². The van der Waals surface area contributed by atoms with Gasteiger partial charge in [0.15, 0.2) is 0 Å². The van der Waals surface area contributed by atoms with Crippen LogP contribution >= 0.6 is 0 Å². The van der Waals surface area contributed by atoms with Crippen LogP contribution in [0.4, 0.5) is 4.39 Å². The van der Waals surface area contributed by atoms with Crippen molar-refractivity contribution in [3.8, 4) is 0 Å². The fourth-order valence-electron chi connectivity index (χ4n) is 2.72. The second-order valence-corrected chi connectivity index (χ2v) is 8.64. The number of hydrogen-bond acceptors (Lipinski definition) is 1. The monoisotopic (exact) mass is 401 g/mol. The van der Waals surface area contributed by atoms with Gasteiger partial charge in [0.25, 0.3) is 0 Å². The van der Waals surface area contributed by atoms with Gasteiger partial charge in [-0.05, 0) is 50.0 Å². The number of nitrogens with one attached hydrogen (secondary N) is 1. The van der Waals surface area contributed by atoms with Crippen molar-refractivity contribution in [3.05, 3.63) is 71.9 Å². The van der Waals surface area contributed by atoms with Crippen molar-refractivity contribution in [2.75, 3.05) is 0 Å². The molecule has 1 aliphatic carbocycles. The Balaban J connectivity index is 0.000000956. The van der Waals surface area contributed by atoms with Gasteiger partial charge in [-0.15, -0.1) is 0 Å². The minimum atomic E-state index is -0.283. The normalized spacial score (nSPS) is 19.4. The lowest BCUT2D eigenvalue weighted by atomic mass is 9.80. The summed E-state index contributed by atoms with van der Waals surface area (Å²) in [5.41, 5.74) is 3.87. The van der Waals surface area contributed by atoms with E-state index in [1.165, 1.54) is 43.8 Å². The molecule has 0 amide bonds. The molecule has 29 heavy (non-hydrogen) atoms. The van der Waals surface area contributed by atoms with E-state index in [-0.39, 0.29) is 11.2 Å². The first-order valence-corrected chi connectivity index (χ1v) is 11.1. The van der Waals surface area contributed by atoms with Gasteiger partial charge in [-0.1, -0.05) is 97.6 Å². The molecular weight excluding hydrogens is 357 g/mol. The Morgan fingerprint density at radius 3 is 2.14 bits per heavy atom. The third kappa shape index (κ3) is 11.1. The Hall–Kier alpha value is -1.83. The number of halogens is 1. The molecule has 0 aromatic carbocycles. The average Bonchev–Trinajstić information content (AvgIpc) is 2.67. The number of hydrogen-bond donors (Lipinski definition) is 1. The van der Waals surface area contributed by atoms with Crippen molar-refractivity contribution in [2.45, 2.75) is 87.0 Å². The van der Waals surface area contributed by atoms with Gasteiger partial charge in [0.05, 0.1) is 0 Å². The molecule has 0 fully saturated rings. The Kier molecular flexibility index (Phi) is 13.3. The molecular formula is C27H44FN. The van der Waals surface area contributed by atoms with Crippen LogP contribution in [0.5, 0.6) is 0 Å². The largest absolute Gasteiger partial charge is 0.359 e. The van der Waals surface area contributed by atoms with Crippen LogP contribution in [-0.4, -0.2) is 0 Å². The number of rotatable bonds is 10. The summed E-state index contributed by atoms with van der Waals surface area (Å²) in [6.07, 6.45) is 16.6. The predicted molar refractivity (Wildman–Crippen MR) is 129 cm³/mol. The lowest BCUT2D eigenvalue weighted by Gasteiger charge is -2.31. The van der Waals surface area contributed by atoms with Crippen molar-refractivity contribution < 1.29 is 4.39 Å². The summed E-state index contributed by atoms with van der Waals surface area (Å²) in [5.74, 6) is 0.249. The summed E-state index contributed by atoms with van der Waals surface area (Å²) < 4.78 is 13.2. The van der Waals surface area contributed by atoms with Crippen LogP contribution in [0.3, 0.4) is 0 Å². The highest BCUT2D eigenvalue weighted by Crippen LogP contribution is 2.35. The van der Waals surface area contributed by atoms with Crippen LogP contribution in [0.25, 0.3) is 0 Å². The quantitative estimate of drug-likeness (QED) is 0.284. The molecule has 2 heteroatoms. The summed E-state index contributed by atoms with van der Waals surface area (Å²) in [5, 5.41) is 3.43. The summed E-state index contributed by atoms with van der Waals surface area (Å²) in [7, 11) is 0. The highest BCUT2D eigenvalue weighted by molar-refractivity contribution is 5.35. The number of unbranched alkanes of at least 4 members (excludes halogenated alkanes) is 4. The molecule has 0 aromatic heterocycles. The number of allylic oxidation sites excluding steroid dienone is 8. The molecule has 1 unspecified atom stereocenters. The molecule has 0 radical (unpaired) electrons. The van der Waals surface area contributed by atoms with Gasteiger partial charge in [-0.3, -0.25) is 0 Å². The Bertz CT molecular complexity index is 641. The van der Waals surface area contributed by atoms with Crippen molar-refractivity contribution in [1.29, 1.82) is 0 Å². The smallest absolute Gasteiger partial charge is 0.118 e. The lowest BCUT2D eigenvalue weighted by Crippen LogP contribution is -2.28. The van der Waals surface area contributed by atoms with Crippen molar-refractivity contribution >= 4 is 0 Å². The fourth-order valence-corrected chi connectivity index (χ4v) is 2.72. The zero-order chi connectivity index (χ0) is 22.4. The zero-order valence-electron chi connectivity index (χ0n) is 20.0. The Labute approximate surface area is 180 Å². The molecule has 0 aliphatic heterocycles. The first-order valence-electron chi connectivity index (χ1n) is 11.1. The highest BCUT2D eigenvalue weighted by atomic mass is 19.1. The van der Waals surface area contributed by atoms with Gasteiger partial charge in [0.1, 0.15) is 5.83 Å². The van der Waals surface area contributed by atoms with Gasteiger partial charge in [0.2, 0.25) is 0 Å². The first-order chi connectivity index (χ1) is 13.6. The lowest BCUT2D eigenvalue weighted by molar-refractivity contribution is 0.475. The van der Waals surface area contributed by atoms with Gasteiger partial charge in [-0.2, -0.15) is 0 Å². The minimum absolute atomic E-state index is 0.179. The SMILES string of the molecule is C=C(C)/C=C\C(NC(=C)C1(C)C=CC(F)=CC1)=C(\C)C(C)C.CCCCCCC. The van der Waals surface area contributed by atoms with Crippen LogP contribution in [-0.2, 0) is 0 Å². The Morgan fingerprint density at radius 2 is 1.72 bits per heavy atom. The third-order valence-electron chi connectivity index (χ3n) is 5.34. The van der Waals surface area contributed by atoms with E-state index in [4.69, 9.17) is 0 Å². The topological polar surface area (TPSA) is 12.0 Å². The molecule has 0 heterocycles. The van der Waals surface area contributed by atoms with Gasteiger partial charge >= 0.3 is 0 Å². The zero-order valence-corrected chi connectivity index (χ0v) is 20.0. The predicted octanol–water partition coefficient (Wildman–Crippen LogP) is 8.95. The molecule has 1 atom stereocenters. The molecule has 1 aliphatic rings. The molecule has 0 spiro atoms. The van der Waals surface area contributed by atoms with Gasteiger partial charge in [-0.25, -0.2) is 4.39 Å². The third-order valence-corrected chi connectivity index (χ3v) is 5.34. The standard InChI is InChI=1S/C20H28FN.C7H16/c1-14(2)8-9-19(16(5)15(3)4)22-17(6)20(7)12-10-18(21)11-13-20;1-3-5-7-6-4-2/h8-12,15,22H,1,6,13H2,2-5,7H3;3-7H2,1-2H3/b9-8-,19-16+;. The molecule has 164 valence electrons. The molecule has 1 N–H and O–H groups in total. The molecule has 0 aromatic rings. The summed E-state index contributed by atoms with van der Waals surface area (Å²) in [6, 6.07) is 0. The second kappa shape index (κ2) is 14.2. The fraction of sp³-hybridized carbons (Fsp3) is 0.556. The molecule has 1 nitrogen and oxygen atoms in total. The van der Waals surface area contributed by atoms with E-state index in [0.717, 1.165) is 17.0 Å². The summed E-state index contributed by atoms with van der Waals surface area (Å²) >= 11 is 0. The van der Waals surface area contributed by atoms with Crippen molar-refractivity contribution in [3.63, 3.8) is 0 Å². The van der Waals surface area contributed by atoms with Crippen LogP contribution in [0.1, 0.15) is 87.0 Å².